The maximum absolute atomic E-state index is 11.0. The lowest BCUT2D eigenvalue weighted by molar-refractivity contribution is -0.384. The van der Waals surface area contributed by atoms with Crippen molar-refractivity contribution < 1.29 is 14.4 Å². The number of nitriles is 1. The van der Waals surface area contributed by atoms with Gasteiger partial charge in [0.05, 0.1) is 33.3 Å². The molecule has 1 unspecified atom stereocenters. The van der Waals surface area contributed by atoms with E-state index in [0.717, 1.165) is 15.6 Å². The van der Waals surface area contributed by atoms with Gasteiger partial charge in [0.2, 0.25) is 0 Å². The number of benzene rings is 2. The van der Waals surface area contributed by atoms with Crippen LogP contribution < -0.4 is 9.47 Å². The molecular formula is C20H19IN2O4. The van der Waals surface area contributed by atoms with Crippen molar-refractivity contribution in [3.05, 3.63) is 61.2 Å². The van der Waals surface area contributed by atoms with Gasteiger partial charge in [-0.05, 0) is 65.3 Å². The zero-order valence-electron chi connectivity index (χ0n) is 15.2. The summed E-state index contributed by atoms with van der Waals surface area (Å²) in [6.45, 7) is 4.03. The second kappa shape index (κ2) is 9.37. The number of ether oxygens (including phenoxy) is 2. The SMILES string of the molecule is CCC(C)Oc1c(I)cc(C=C(C#N)c2cccc([N+](=O)[O-])c2)cc1OC. The van der Waals surface area contributed by atoms with Crippen molar-refractivity contribution in [2.24, 2.45) is 0 Å². The van der Waals surface area contributed by atoms with Gasteiger partial charge < -0.3 is 9.47 Å². The highest BCUT2D eigenvalue weighted by Crippen LogP contribution is 2.36. The van der Waals surface area contributed by atoms with Gasteiger partial charge in [-0.2, -0.15) is 5.26 Å². The van der Waals surface area contributed by atoms with Gasteiger partial charge in [0.15, 0.2) is 11.5 Å². The molecule has 0 N–H and O–H groups in total. The van der Waals surface area contributed by atoms with Crippen LogP contribution in [0.3, 0.4) is 0 Å². The van der Waals surface area contributed by atoms with Crippen LogP contribution in [0.5, 0.6) is 11.5 Å². The van der Waals surface area contributed by atoms with Gasteiger partial charge in [-0.3, -0.25) is 10.1 Å². The van der Waals surface area contributed by atoms with Crippen LogP contribution in [-0.2, 0) is 0 Å². The Labute approximate surface area is 171 Å². The predicted molar refractivity (Wildman–Crippen MR) is 113 cm³/mol. The molecule has 0 aromatic heterocycles. The molecule has 2 rings (SSSR count). The molecule has 6 nitrogen and oxygen atoms in total. The Bertz CT molecular complexity index is 919. The lowest BCUT2D eigenvalue weighted by Gasteiger charge is -2.17. The molecule has 2 aromatic rings. The highest BCUT2D eigenvalue weighted by Gasteiger charge is 2.15. The van der Waals surface area contributed by atoms with Crippen LogP contribution in [0, 0.1) is 25.0 Å². The number of rotatable bonds is 7. The third-order valence-electron chi connectivity index (χ3n) is 3.95. The van der Waals surface area contributed by atoms with Gasteiger partial charge in [-0.15, -0.1) is 0 Å². The van der Waals surface area contributed by atoms with Gasteiger partial charge in [-0.1, -0.05) is 19.1 Å². The third-order valence-corrected chi connectivity index (χ3v) is 4.75. The number of halogens is 1. The fourth-order valence-electron chi connectivity index (χ4n) is 2.36. The first-order chi connectivity index (χ1) is 12.9. The van der Waals surface area contributed by atoms with Crippen LogP contribution in [0.1, 0.15) is 31.4 Å². The molecule has 0 saturated heterocycles. The van der Waals surface area contributed by atoms with Crippen molar-refractivity contribution in [3.8, 4) is 17.6 Å². The maximum Gasteiger partial charge on any atom is 0.270 e. The zero-order chi connectivity index (χ0) is 20.0. The average molecular weight is 478 g/mol. The molecule has 0 amide bonds. The fraction of sp³-hybridized carbons (Fsp3) is 0.250. The fourth-order valence-corrected chi connectivity index (χ4v) is 3.11. The van der Waals surface area contributed by atoms with E-state index in [4.69, 9.17) is 9.47 Å². The summed E-state index contributed by atoms with van der Waals surface area (Å²) in [5, 5.41) is 20.5. The van der Waals surface area contributed by atoms with Gasteiger partial charge >= 0.3 is 0 Å². The van der Waals surface area contributed by atoms with Crippen LogP contribution in [0.2, 0.25) is 0 Å². The molecular weight excluding hydrogens is 459 g/mol. The van der Waals surface area contributed by atoms with E-state index in [-0.39, 0.29) is 11.8 Å². The molecule has 0 bridgehead atoms. The van der Waals surface area contributed by atoms with Gasteiger partial charge in [0, 0.05) is 12.1 Å². The molecule has 0 radical (unpaired) electrons. The Kier molecular flexibility index (Phi) is 7.19. The molecule has 0 aliphatic heterocycles. The molecule has 0 aliphatic rings. The third kappa shape index (κ3) is 5.20. The number of hydrogen-bond acceptors (Lipinski definition) is 5. The van der Waals surface area contributed by atoms with E-state index in [2.05, 4.69) is 28.7 Å². The molecule has 27 heavy (non-hydrogen) atoms. The molecule has 0 spiro atoms. The maximum atomic E-state index is 11.0. The number of hydrogen-bond donors (Lipinski definition) is 0. The summed E-state index contributed by atoms with van der Waals surface area (Å²) in [7, 11) is 1.56. The van der Waals surface area contributed by atoms with Gasteiger partial charge in [0.25, 0.3) is 5.69 Å². The monoisotopic (exact) mass is 478 g/mol. The number of non-ortho nitro benzene ring substituents is 1. The Morgan fingerprint density at radius 2 is 2.15 bits per heavy atom. The smallest absolute Gasteiger partial charge is 0.270 e. The van der Waals surface area contributed by atoms with Gasteiger partial charge in [0.1, 0.15) is 0 Å². The average Bonchev–Trinajstić information content (AvgIpc) is 2.67. The standard InChI is InChI=1S/C20H19IN2O4/c1-4-13(2)27-20-18(21)9-14(10-19(20)26-3)8-16(12-22)15-6-5-7-17(11-15)23(24)25/h5-11,13H,4H2,1-3H3. The Morgan fingerprint density at radius 1 is 1.41 bits per heavy atom. The Hall–Kier alpha value is -2.60. The van der Waals surface area contributed by atoms with Gasteiger partial charge in [-0.25, -0.2) is 0 Å². The van der Waals surface area contributed by atoms with Crippen molar-refractivity contribution >= 4 is 39.9 Å². The first-order valence-corrected chi connectivity index (χ1v) is 9.38. The Morgan fingerprint density at radius 3 is 2.74 bits per heavy atom. The minimum atomic E-state index is -0.481. The van der Waals surface area contributed by atoms with Crippen molar-refractivity contribution in [2.75, 3.05) is 7.11 Å². The zero-order valence-corrected chi connectivity index (χ0v) is 17.4. The second-order valence-electron chi connectivity index (χ2n) is 5.85. The summed E-state index contributed by atoms with van der Waals surface area (Å²) in [4.78, 5) is 10.5. The molecule has 0 saturated carbocycles. The topological polar surface area (TPSA) is 85.4 Å². The number of methoxy groups -OCH3 is 1. The molecule has 0 fully saturated rings. The quantitative estimate of drug-likeness (QED) is 0.174. The first-order valence-electron chi connectivity index (χ1n) is 8.30. The van der Waals surface area contributed by atoms with Crippen molar-refractivity contribution in [1.29, 1.82) is 5.26 Å². The minimum absolute atomic E-state index is 0.0494. The molecule has 7 heteroatoms. The predicted octanol–water partition coefficient (Wildman–Crippen LogP) is 5.45. The molecule has 1 atom stereocenters. The largest absolute Gasteiger partial charge is 0.493 e. The van der Waals surface area contributed by atoms with E-state index in [9.17, 15) is 15.4 Å². The van der Waals surface area contributed by atoms with Crippen LogP contribution in [-0.4, -0.2) is 18.1 Å². The Balaban J connectivity index is 2.47. The minimum Gasteiger partial charge on any atom is -0.493 e. The van der Waals surface area contributed by atoms with E-state index >= 15 is 0 Å². The van der Waals surface area contributed by atoms with Crippen LogP contribution in [0.25, 0.3) is 11.6 Å². The second-order valence-corrected chi connectivity index (χ2v) is 7.01. The summed E-state index contributed by atoms with van der Waals surface area (Å²) in [5.41, 5.74) is 1.50. The molecule has 0 heterocycles. The summed E-state index contributed by atoms with van der Waals surface area (Å²) in [5.74, 6) is 1.24. The van der Waals surface area contributed by atoms with Crippen LogP contribution in [0.4, 0.5) is 5.69 Å². The van der Waals surface area contributed by atoms with E-state index in [1.807, 2.05) is 19.9 Å². The van der Waals surface area contributed by atoms with E-state index in [1.165, 1.54) is 12.1 Å². The van der Waals surface area contributed by atoms with Crippen molar-refractivity contribution in [1.82, 2.24) is 0 Å². The van der Waals surface area contributed by atoms with E-state index in [1.54, 1.807) is 31.4 Å². The highest BCUT2D eigenvalue weighted by molar-refractivity contribution is 14.1. The van der Waals surface area contributed by atoms with E-state index in [0.29, 0.717) is 22.6 Å². The number of nitrogens with zero attached hydrogens (tertiary/aromatic N) is 2. The number of nitro benzene ring substituents is 1. The highest BCUT2D eigenvalue weighted by atomic mass is 127. The van der Waals surface area contributed by atoms with Crippen molar-refractivity contribution in [3.63, 3.8) is 0 Å². The summed E-state index contributed by atoms with van der Waals surface area (Å²) < 4.78 is 12.2. The summed E-state index contributed by atoms with van der Waals surface area (Å²) in [6, 6.07) is 11.8. The summed E-state index contributed by atoms with van der Waals surface area (Å²) in [6.07, 6.45) is 2.59. The van der Waals surface area contributed by atoms with Crippen molar-refractivity contribution in [2.45, 2.75) is 26.4 Å². The molecule has 2 aromatic carbocycles. The van der Waals surface area contributed by atoms with Crippen LogP contribution in [0.15, 0.2) is 36.4 Å². The molecule has 0 aliphatic carbocycles. The number of nitro groups is 1. The lowest BCUT2D eigenvalue weighted by Crippen LogP contribution is -2.11. The van der Waals surface area contributed by atoms with E-state index < -0.39 is 4.92 Å². The lowest BCUT2D eigenvalue weighted by atomic mass is 10.0. The molecule has 140 valence electrons. The number of allylic oxidation sites excluding steroid dienone is 1. The summed E-state index contributed by atoms with van der Waals surface area (Å²) >= 11 is 2.17. The van der Waals surface area contributed by atoms with Crippen LogP contribution >= 0.6 is 22.6 Å². The normalized spacial score (nSPS) is 12.2. The first kappa shape index (κ1) is 20.7.